The Bertz CT molecular complexity index is 1020. The van der Waals surface area contributed by atoms with Crippen molar-refractivity contribution in [3.05, 3.63) is 59.3 Å². The number of carbonyl (C=O) groups is 1. The van der Waals surface area contributed by atoms with Crippen LogP contribution < -0.4 is 5.32 Å². The van der Waals surface area contributed by atoms with Crippen LogP contribution in [0.15, 0.2) is 36.5 Å². The zero-order valence-corrected chi connectivity index (χ0v) is 18.2. The van der Waals surface area contributed by atoms with Crippen LogP contribution in [0.25, 0.3) is 5.95 Å². The van der Waals surface area contributed by atoms with Gasteiger partial charge in [0.05, 0.1) is 17.9 Å². The molecule has 4 heterocycles. The highest BCUT2D eigenvalue weighted by Gasteiger charge is 2.20. The van der Waals surface area contributed by atoms with E-state index in [-0.39, 0.29) is 5.91 Å². The Morgan fingerprint density at radius 3 is 2.35 bits per heavy atom. The first-order valence-corrected chi connectivity index (χ1v) is 10.5. The van der Waals surface area contributed by atoms with Gasteiger partial charge in [0.25, 0.3) is 5.95 Å². The molecule has 0 bridgehead atoms. The first kappa shape index (κ1) is 21.1. The van der Waals surface area contributed by atoms with Crippen molar-refractivity contribution in [3.8, 4) is 5.95 Å². The number of amides is 1. The second kappa shape index (κ2) is 9.32. The van der Waals surface area contributed by atoms with Crippen LogP contribution in [0.5, 0.6) is 0 Å². The molecule has 0 spiro atoms. The third-order valence-corrected chi connectivity index (χ3v) is 5.20. The van der Waals surface area contributed by atoms with E-state index in [0.717, 1.165) is 55.5 Å². The van der Waals surface area contributed by atoms with E-state index in [4.69, 9.17) is 0 Å². The van der Waals surface area contributed by atoms with Crippen molar-refractivity contribution < 1.29 is 4.79 Å². The van der Waals surface area contributed by atoms with E-state index >= 15 is 0 Å². The molecule has 1 aliphatic rings. The number of carbonyl (C=O) groups excluding carboxylic acids is 1. The minimum Gasteiger partial charge on any atom is -0.309 e. The zero-order chi connectivity index (χ0) is 21.8. The molecule has 3 aromatic rings. The monoisotopic (exact) mass is 420 g/mol. The Kier molecular flexibility index (Phi) is 6.34. The molecule has 0 radical (unpaired) electrons. The maximum absolute atomic E-state index is 12.7. The predicted octanol–water partition coefficient (Wildman–Crippen LogP) is 1.74. The summed E-state index contributed by atoms with van der Waals surface area (Å²) < 4.78 is 1.60. The molecule has 1 N–H and O–H groups in total. The van der Waals surface area contributed by atoms with Gasteiger partial charge in [0, 0.05) is 56.4 Å². The Balaban J connectivity index is 1.34. The van der Waals surface area contributed by atoms with Gasteiger partial charge in [-0.3, -0.25) is 19.6 Å². The number of aryl methyl sites for hydroxylation is 3. The number of piperazine rings is 1. The first-order chi connectivity index (χ1) is 15.0. The molecule has 9 heteroatoms. The molecule has 0 aromatic carbocycles. The van der Waals surface area contributed by atoms with Gasteiger partial charge in [-0.15, -0.1) is 0 Å². The van der Waals surface area contributed by atoms with E-state index in [9.17, 15) is 4.79 Å². The lowest BCUT2D eigenvalue weighted by molar-refractivity contribution is -0.117. The fraction of sp³-hybridized carbons (Fsp3) is 0.409. The molecule has 1 amide bonds. The third-order valence-electron chi connectivity index (χ3n) is 5.20. The second-order valence-electron chi connectivity index (χ2n) is 7.96. The van der Waals surface area contributed by atoms with E-state index in [1.807, 2.05) is 57.3 Å². The van der Waals surface area contributed by atoms with Crippen LogP contribution in [0.2, 0.25) is 0 Å². The summed E-state index contributed by atoms with van der Waals surface area (Å²) in [5, 5.41) is 7.45. The molecule has 9 nitrogen and oxygen atoms in total. The van der Waals surface area contributed by atoms with Crippen molar-refractivity contribution in [3.63, 3.8) is 0 Å². The molecule has 0 unspecified atom stereocenters. The van der Waals surface area contributed by atoms with Crippen molar-refractivity contribution in [2.45, 2.75) is 27.3 Å². The van der Waals surface area contributed by atoms with E-state index < -0.39 is 0 Å². The molecule has 1 saturated heterocycles. The highest BCUT2D eigenvalue weighted by atomic mass is 16.2. The largest absolute Gasteiger partial charge is 0.309 e. The van der Waals surface area contributed by atoms with Gasteiger partial charge < -0.3 is 5.32 Å². The number of rotatable bonds is 6. The summed E-state index contributed by atoms with van der Waals surface area (Å²) in [6.07, 6.45) is 1.82. The number of pyridine rings is 1. The normalized spacial score (nSPS) is 15.2. The molecule has 4 rings (SSSR count). The summed E-state index contributed by atoms with van der Waals surface area (Å²) in [4.78, 5) is 30.6. The second-order valence-corrected chi connectivity index (χ2v) is 7.96. The summed E-state index contributed by atoms with van der Waals surface area (Å²) >= 11 is 0. The molecule has 162 valence electrons. The predicted molar refractivity (Wildman–Crippen MR) is 118 cm³/mol. The molecular formula is C22H28N8O. The topological polar surface area (TPSA) is 92.1 Å². The highest BCUT2D eigenvalue weighted by Crippen LogP contribution is 2.15. The van der Waals surface area contributed by atoms with E-state index in [2.05, 4.69) is 35.2 Å². The molecule has 1 aliphatic heterocycles. The fourth-order valence-corrected chi connectivity index (χ4v) is 3.75. The van der Waals surface area contributed by atoms with Crippen LogP contribution in [0.4, 0.5) is 5.82 Å². The lowest BCUT2D eigenvalue weighted by Crippen LogP contribution is -2.48. The average molecular weight is 421 g/mol. The van der Waals surface area contributed by atoms with Gasteiger partial charge in [0.2, 0.25) is 5.91 Å². The van der Waals surface area contributed by atoms with Crippen molar-refractivity contribution in [2.75, 3.05) is 38.0 Å². The standard InChI is InChI=1S/C22H28N8O/c1-16-12-17(2)25-22(24-16)30-20(13-18(3)27-30)26-21(31)15-29-10-8-28(9-11-29)14-19-6-4-5-7-23-19/h4-7,12-13H,8-11,14-15H2,1-3H3,(H,26,31). The molecule has 0 aliphatic carbocycles. The zero-order valence-electron chi connectivity index (χ0n) is 18.2. The third kappa shape index (κ3) is 5.50. The van der Waals surface area contributed by atoms with Gasteiger partial charge in [-0.05, 0) is 39.0 Å². The highest BCUT2D eigenvalue weighted by molar-refractivity contribution is 5.91. The van der Waals surface area contributed by atoms with Crippen LogP contribution in [0, 0.1) is 20.8 Å². The molecular weight excluding hydrogens is 392 g/mol. The Morgan fingerprint density at radius 1 is 0.968 bits per heavy atom. The quantitative estimate of drug-likeness (QED) is 0.649. The van der Waals surface area contributed by atoms with Crippen LogP contribution >= 0.6 is 0 Å². The minimum atomic E-state index is -0.0660. The molecule has 31 heavy (non-hydrogen) atoms. The molecule has 1 fully saturated rings. The average Bonchev–Trinajstić information content (AvgIpc) is 3.09. The van der Waals surface area contributed by atoms with Crippen LogP contribution in [0.1, 0.15) is 22.8 Å². The lowest BCUT2D eigenvalue weighted by atomic mass is 10.2. The van der Waals surface area contributed by atoms with E-state index in [1.165, 1.54) is 0 Å². The summed E-state index contributed by atoms with van der Waals surface area (Å²) in [6.45, 7) is 10.4. The van der Waals surface area contributed by atoms with Gasteiger partial charge in [0.1, 0.15) is 5.82 Å². The summed E-state index contributed by atoms with van der Waals surface area (Å²) in [6, 6.07) is 9.73. The molecule has 0 atom stereocenters. The molecule has 3 aromatic heterocycles. The number of hydrogen-bond donors (Lipinski definition) is 1. The van der Waals surface area contributed by atoms with Crippen molar-refractivity contribution in [1.29, 1.82) is 0 Å². The Morgan fingerprint density at radius 2 is 1.68 bits per heavy atom. The number of anilines is 1. The van der Waals surface area contributed by atoms with E-state index in [0.29, 0.717) is 18.3 Å². The minimum absolute atomic E-state index is 0.0660. The first-order valence-electron chi connectivity index (χ1n) is 10.5. The smallest absolute Gasteiger partial charge is 0.252 e. The summed E-state index contributed by atoms with van der Waals surface area (Å²) in [5.74, 6) is 0.981. The Labute approximate surface area is 182 Å². The van der Waals surface area contributed by atoms with Gasteiger partial charge in [0.15, 0.2) is 0 Å². The fourth-order valence-electron chi connectivity index (χ4n) is 3.75. The number of hydrogen-bond acceptors (Lipinski definition) is 7. The number of aromatic nitrogens is 5. The van der Waals surface area contributed by atoms with Crippen molar-refractivity contribution in [1.82, 2.24) is 34.5 Å². The van der Waals surface area contributed by atoms with Gasteiger partial charge in [-0.1, -0.05) is 6.07 Å². The van der Waals surface area contributed by atoms with Crippen LogP contribution in [0.3, 0.4) is 0 Å². The van der Waals surface area contributed by atoms with Gasteiger partial charge in [-0.2, -0.15) is 9.78 Å². The maximum Gasteiger partial charge on any atom is 0.252 e. The van der Waals surface area contributed by atoms with Crippen molar-refractivity contribution >= 4 is 11.7 Å². The molecule has 0 saturated carbocycles. The van der Waals surface area contributed by atoms with Crippen LogP contribution in [-0.2, 0) is 11.3 Å². The van der Waals surface area contributed by atoms with Crippen molar-refractivity contribution in [2.24, 2.45) is 0 Å². The SMILES string of the molecule is Cc1cc(C)nc(-n2nc(C)cc2NC(=O)CN2CCN(Cc3ccccn3)CC2)n1. The van der Waals surface area contributed by atoms with Crippen LogP contribution in [-0.4, -0.2) is 73.2 Å². The Hall–Kier alpha value is -3.17. The number of nitrogens with zero attached hydrogens (tertiary/aromatic N) is 7. The van der Waals surface area contributed by atoms with Gasteiger partial charge >= 0.3 is 0 Å². The van der Waals surface area contributed by atoms with E-state index in [1.54, 1.807) is 4.68 Å². The summed E-state index contributed by atoms with van der Waals surface area (Å²) in [5.41, 5.74) is 3.58. The summed E-state index contributed by atoms with van der Waals surface area (Å²) in [7, 11) is 0. The number of nitrogens with one attached hydrogen (secondary N) is 1. The lowest BCUT2D eigenvalue weighted by Gasteiger charge is -2.34. The van der Waals surface area contributed by atoms with Gasteiger partial charge in [-0.25, -0.2) is 9.97 Å². The maximum atomic E-state index is 12.7.